The fraction of sp³-hybridized carbons (Fsp3) is 0.0769. The van der Waals surface area contributed by atoms with Crippen LogP contribution in [0.2, 0.25) is 0 Å². The van der Waals surface area contributed by atoms with E-state index in [9.17, 15) is 10.5 Å². The molecule has 0 heterocycles. The Hall–Kier alpha value is -6.48. The van der Waals surface area contributed by atoms with Crippen LogP contribution in [0.25, 0.3) is 43.4 Å². The fourth-order valence-corrected chi connectivity index (χ4v) is 9.07. The molecule has 0 spiro atoms. The predicted molar refractivity (Wildman–Crippen MR) is 241 cm³/mol. The van der Waals surface area contributed by atoms with Crippen LogP contribution in [0.4, 0.5) is 34.1 Å². The summed E-state index contributed by atoms with van der Waals surface area (Å²) < 4.78 is 1.24. The van der Waals surface area contributed by atoms with Crippen molar-refractivity contribution in [3.05, 3.63) is 186 Å². The van der Waals surface area contributed by atoms with Crippen molar-refractivity contribution >= 4 is 95.3 Å². The van der Waals surface area contributed by atoms with Crippen LogP contribution in [0.5, 0.6) is 0 Å². The van der Waals surface area contributed by atoms with Gasteiger partial charge in [-0.25, -0.2) is 0 Å². The molecule has 0 fully saturated rings. The molecular weight excluding hydrogens is 888 g/mol. The van der Waals surface area contributed by atoms with Crippen LogP contribution in [0.15, 0.2) is 164 Å². The van der Waals surface area contributed by atoms with Crippen molar-refractivity contribution < 1.29 is 0 Å². The van der Waals surface area contributed by atoms with Crippen molar-refractivity contribution in [3.63, 3.8) is 0 Å². The maximum atomic E-state index is 10.9. The Morgan fingerprint density at radius 3 is 1.40 bits per heavy atom. The van der Waals surface area contributed by atoms with Crippen molar-refractivity contribution in [2.75, 3.05) is 9.80 Å². The first-order valence-electron chi connectivity index (χ1n) is 19.2. The molecule has 9 rings (SSSR count). The molecule has 0 aromatic heterocycles. The Bertz CT molecular complexity index is 2980. The summed E-state index contributed by atoms with van der Waals surface area (Å²) in [4.78, 5) is 4.52. The number of anilines is 6. The number of benzene rings is 9. The van der Waals surface area contributed by atoms with Crippen LogP contribution in [-0.2, 0) is 0 Å². The summed E-state index contributed by atoms with van der Waals surface area (Å²) in [6.07, 6.45) is 0. The van der Waals surface area contributed by atoms with Gasteiger partial charge in [-0.2, -0.15) is 0 Å². The SMILES string of the molecule is CC.Cc1ccc(N(c2cccc[c]2[Pb])c2c(C#N)cc3ccc4c(N(c5ccc(C)cc5)c5ccccc5-c5ccccc5)c(C#N)cc5ccc2c3c54)cc1. The van der Waals surface area contributed by atoms with Gasteiger partial charge in [0.2, 0.25) is 0 Å². The quantitative estimate of drug-likeness (QED) is 0.118. The molecule has 0 aliphatic rings. The van der Waals surface area contributed by atoms with E-state index >= 15 is 0 Å². The van der Waals surface area contributed by atoms with Gasteiger partial charge in [0.05, 0.1) is 0 Å². The van der Waals surface area contributed by atoms with Crippen LogP contribution < -0.4 is 12.9 Å². The van der Waals surface area contributed by atoms with Gasteiger partial charge in [0.25, 0.3) is 0 Å². The number of rotatable bonds is 7. The van der Waals surface area contributed by atoms with Crippen molar-refractivity contribution in [3.8, 4) is 23.3 Å². The van der Waals surface area contributed by atoms with Crippen molar-refractivity contribution in [1.29, 1.82) is 10.5 Å². The van der Waals surface area contributed by atoms with E-state index in [2.05, 4.69) is 181 Å². The third-order valence-electron chi connectivity index (χ3n) is 10.5. The number of aryl methyl sites for hydroxylation is 2. The maximum absolute atomic E-state index is 10.9. The average molecular weight is 927 g/mol. The number of para-hydroxylation sites is 2. The molecule has 9 aromatic carbocycles. The minimum atomic E-state index is 0.582. The Kier molecular flexibility index (Phi) is 10.5. The van der Waals surface area contributed by atoms with E-state index < -0.39 is 0 Å². The van der Waals surface area contributed by atoms with Gasteiger partial charge in [-0.05, 0) is 12.5 Å². The zero-order valence-electron chi connectivity index (χ0n) is 32.4. The molecule has 0 amide bonds. The molecule has 0 N–H and O–H groups in total. The van der Waals surface area contributed by atoms with Gasteiger partial charge in [0, 0.05) is 0 Å². The van der Waals surface area contributed by atoms with E-state index in [0.717, 1.165) is 109 Å². The Morgan fingerprint density at radius 1 is 0.474 bits per heavy atom. The third kappa shape index (κ3) is 6.67. The van der Waals surface area contributed by atoms with E-state index in [-0.39, 0.29) is 0 Å². The Morgan fingerprint density at radius 2 is 0.912 bits per heavy atom. The monoisotopic (exact) mass is 927 g/mol. The Labute approximate surface area is 350 Å². The van der Waals surface area contributed by atoms with Crippen LogP contribution in [0.1, 0.15) is 36.1 Å². The molecule has 4 nitrogen and oxygen atoms in total. The number of hydrogen-bond acceptors (Lipinski definition) is 4. The summed E-state index contributed by atoms with van der Waals surface area (Å²) in [6, 6.07) is 62.2. The summed E-state index contributed by atoms with van der Waals surface area (Å²) in [6.45, 7) is 8.19. The number of nitrogens with zero attached hydrogens (tertiary/aromatic N) is 4. The molecule has 0 aliphatic heterocycles. The average Bonchev–Trinajstić information content (AvgIpc) is 3.26. The molecule has 0 atom stereocenters. The van der Waals surface area contributed by atoms with Gasteiger partial charge in [0.15, 0.2) is 0 Å². The second kappa shape index (κ2) is 15.9. The summed E-state index contributed by atoms with van der Waals surface area (Å²) in [5.74, 6) is 0. The topological polar surface area (TPSA) is 54.1 Å². The van der Waals surface area contributed by atoms with Crippen molar-refractivity contribution in [2.24, 2.45) is 0 Å². The van der Waals surface area contributed by atoms with Gasteiger partial charge in [-0.3, -0.25) is 0 Å². The molecule has 0 unspecified atom stereocenters. The third-order valence-corrected chi connectivity index (χ3v) is 12.1. The molecule has 3 radical (unpaired) electrons. The second-order valence-electron chi connectivity index (χ2n) is 13.9. The van der Waals surface area contributed by atoms with Gasteiger partial charge in [0.1, 0.15) is 0 Å². The summed E-state index contributed by atoms with van der Waals surface area (Å²) in [5, 5.41) is 27.8. The predicted octanol–water partition coefficient (Wildman–Crippen LogP) is 13.4. The Balaban J connectivity index is 0.00000224. The van der Waals surface area contributed by atoms with Crippen LogP contribution >= 0.6 is 0 Å². The number of nitriles is 2. The van der Waals surface area contributed by atoms with Gasteiger partial charge in [-0.15, -0.1) is 0 Å². The number of hydrogen-bond donors (Lipinski definition) is 0. The van der Waals surface area contributed by atoms with Crippen LogP contribution in [-0.4, -0.2) is 25.8 Å². The first-order chi connectivity index (χ1) is 27.9. The van der Waals surface area contributed by atoms with E-state index in [0.29, 0.717) is 11.1 Å². The standard InChI is InChI=1S/C50H33N4.C2H6.Pb/c1-33-17-23-41(24-18-33)53(40-13-7-4-8-14-40)49-38(31-51)29-36-22-28-45-48-37(21-27-44(49)47(36)48)30-39(32-52)50(45)54(42-25-19-34(2)20-26-42)46-16-10-9-15-43(46)35-11-5-3-6-12-35;1-2;/h3-13,15-30H,1-2H3;1-2H3;. The molecule has 57 heavy (non-hydrogen) atoms. The van der Waals surface area contributed by atoms with Gasteiger partial charge in [-0.1, -0.05) is 80.1 Å². The van der Waals surface area contributed by atoms with E-state index in [4.69, 9.17) is 0 Å². The first-order valence-corrected chi connectivity index (χ1v) is 21.2. The summed E-state index contributed by atoms with van der Waals surface area (Å²) in [5.41, 5.74) is 11.4. The normalized spacial score (nSPS) is 10.9. The molecule has 0 bridgehead atoms. The first kappa shape index (κ1) is 37.4. The van der Waals surface area contributed by atoms with E-state index in [1.54, 1.807) is 0 Å². The van der Waals surface area contributed by atoms with Crippen LogP contribution in [0, 0.1) is 36.5 Å². The van der Waals surface area contributed by atoms with E-state index in [1.807, 2.05) is 32.0 Å². The second-order valence-corrected chi connectivity index (χ2v) is 16.0. The van der Waals surface area contributed by atoms with Crippen molar-refractivity contribution in [2.45, 2.75) is 27.7 Å². The summed E-state index contributed by atoms with van der Waals surface area (Å²) in [7, 11) is 0. The van der Waals surface area contributed by atoms with Crippen LogP contribution in [0.3, 0.4) is 0 Å². The van der Waals surface area contributed by atoms with E-state index in [1.165, 1.54) is 8.69 Å². The zero-order valence-corrected chi connectivity index (χ0v) is 36.3. The van der Waals surface area contributed by atoms with Gasteiger partial charge < -0.3 is 0 Å². The summed E-state index contributed by atoms with van der Waals surface area (Å²) >= 11 is 0.837. The fourth-order valence-electron chi connectivity index (χ4n) is 7.94. The molecule has 9 aromatic rings. The molecular formula is C52H39N4Pb. The zero-order chi connectivity index (χ0) is 39.6. The van der Waals surface area contributed by atoms with Gasteiger partial charge >= 0.3 is 260 Å². The molecule has 0 saturated heterocycles. The molecule has 271 valence electrons. The molecule has 0 aliphatic carbocycles. The molecule has 5 heteroatoms. The molecule has 0 saturated carbocycles. The van der Waals surface area contributed by atoms with Crippen molar-refractivity contribution in [1.82, 2.24) is 0 Å². The minimum absolute atomic E-state index is 0.582.